The van der Waals surface area contributed by atoms with E-state index in [1.54, 1.807) is 12.3 Å². The Kier molecular flexibility index (Phi) is 3.25. The predicted molar refractivity (Wildman–Crippen MR) is 74.1 cm³/mol. The van der Waals surface area contributed by atoms with E-state index in [2.05, 4.69) is 14.8 Å². The van der Waals surface area contributed by atoms with Crippen molar-refractivity contribution < 1.29 is 13.2 Å². The molecule has 1 fully saturated rings. The molecule has 1 saturated carbocycles. The highest BCUT2D eigenvalue weighted by Crippen LogP contribution is 2.29. The largest absolute Gasteiger partial charge is 0.274 e. The van der Waals surface area contributed by atoms with Gasteiger partial charge in [0, 0.05) is 12.1 Å². The molecular formula is C13H14N4O3S. The fourth-order valence-electron chi connectivity index (χ4n) is 1.84. The molecule has 0 spiro atoms. The summed E-state index contributed by atoms with van der Waals surface area (Å²) in [4.78, 5) is 15.7. The molecule has 2 aromatic heterocycles. The Morgan fingerprint density at radius 3 is 2.86 bits per heavy atom. The number of hydrogen-bond acceptors (Lipinski definition) is 5. The second-order valence-electron chi connectivity index (χ2n) is 5.06. The van der Waals surface area contributed by atoms with E-state index in [9.17, 15) is 13.2 Å². The number of nitrogens with one attached hydrogen (secondary N) is 1. The maximum Gasteiger partial charge on any atom is 0.267 e. The lowest BCUT2D eigenvalue weighted by Crippen LogP contribution is -2.31. The molecule has 1 aliphatic carbocycles. The molecule has 3 rings (SSSR count). The summed E-state index contributed by atoms with van der Waals surface area (Å²) in [7, 11) is -3.87. The molecule has 1 amide bonds. The quantitative estimate of drug-likeness (QED) is 0.901. The molecule has 110 valence electrons. The Hall–Kier alpha value is -2.22. The number of pyridine rings is 1. The summed E-state index contributed by atoms with van der Waals surface area (Å²) >= 11 is 0. The highest BCUT2D eigenvalue weighted by molar-refractivity contribution is 7.90. The first-order chi connectivity index (χ1) is 9.95. The Morgan fingerprint density at radius 2 is 2.19 bits per heavy atom. The molecule has 0 unspecified atom stereocenters. The van der Waals surface area contributed by atoms with Crippen LogP contribution in [0.2, 0.25) is 0 Å². The summed E-state index contributed by atoms with van der Waals surface area (Å²) < 4.78 is 27.6. The van der Waals surface area contributed by atoms with Gasteiger partial charge in [-0.15, -0.1) is 0 Å². The van der Waals surface area contributed by atoms with Crippen LogP contribution in [0, 0.1) is 12.8 Å². The summed E-state index contributed by atoms with van der Waals surface area (Å²) in [5.74, 6) is -0.102. The topological polar surface area (TPSA) is 94.0 Å². The van der Waals surface area contributed by atoms with Gasteiger partial charge in [-0.1, -0.05) is 0 Å². The van der Waals surface area contributed by atoms with Gasteiger partial charge in [-0.3, -0.25) is 4.79 Å². The number of carbonyl (C=O) groups is 1. The lowest BCUT2D eigenvalue weighted by atomic mass is 10.3. The van der Waals surface area contributed by atoms with Gasteiger partial charge in [-0.05, 0) is 37.5 Å². The first-order valence-electron chi connectivity index (χ1n) is 6.50. The van der Waals surface area contributed by atoms with Gasteiger partial charge >= 0.3 is 0 Å². The molecule has 21 heavy (non-hydrogen) atoms. The average Bonchev–Trinajstić information content (AvgIpc) is 3.15. The lowest BCUT2D eigenvalue weighted by Gasteiger charge is -2.03. The molecule has 7 nitrogen and oxygen atoms in total. The number of sulfonamides is 1. The lowest BCUT2D eigenvalue weighted by molar-refractivity contribution is -0.120. The summed E-state index contributed by atoms with van der Waals surface area (Å²) in [6.07, 6.45) is 5.65. The molecule has 2 heterocycles. The fraction of sp³-hybridized carbons (Fsp3) is 0.308. The van der Waals surface area contributed by atoms with E-state index in [0.717, 1.165) is 18.4 Å². The number of hydrogen-bond donors (Lipinski definition) is 1. The minimum atomic E-state index is -3.87. The van der Waals surface area contributed by atoms with Crippen molar-refractivity contribution in [3.63, 3.8) is 0 Å². The highest BCUT2D eigenvalue weighted by Gasteiger charge is 2.33. The molecule has 0 aliphatic heterocycles. The van der Waals surface area contributed by atoms with E-state index in [0.29, 0.717) is 5.82 Å². The first-order valence-corrected chi connectivity index (χ1v) is 7.98. The molecule has 0 atom stereocenters. The molecule has 2 aromatic rings. The van der Waals surface area contributed by atoms with E-state index in [1.165, 1.54) is 17.1 Å². The van der Waals surface area contributed by atoms with Crippen LogP contribution in [0.3, 0.4) is 0 Å². The van der Waals surface area contributed by atoms with Crippen LogP contribution in [0.5, 0.6) is 0 Å². The third kappa shape index (κ3) is 2.94. The third-order valence-electron chi connectivity index (χ3n) is 3.19. The molecular weight excluding hydrogens is 292 g/mol. The molecule has 1 aliphatic rings. The van der Waals surface area contributed by atoms with Gasteiger partial charge in [0.15, 0.2) is 5.82 Å². The molecule has 0 saturated heterocycles. The van der Waals surface area contributed by atoms with Crippen molar-refractivity contribution in [1.29, 1.82) is 0 Å². The second kappa shape index (κ2) is 4.96. The van der Waals surface area contributed by atoms with Crippen LogP contribution >= 0.6 is 0 Å². The predicted octanol–water partition coefficient (Wildman–Crippen LogP) is 0.791. The van der Waals surface area contributed by atoms with Crippen molar-refractivity contribution >= 4 is 15.9 Å². The van der Waals surface area contributed by atoms with Crippen molar-refractivity contribution in [3.05, 3.63) is 36.3 Å². The van der Waals surface area contributed by atoms with Gasteiger partial charge in [0.2, 0.25) is 5.91 Å². The van der Waals surface area contributed by atoms with Crippen LogP contribution in [-0.4, -0.2) is 29.1 Å². The van der Waals surface area contributed by atoms with E-state index in [1.807, 2.05) is 13.0 Å². The monoisotopic (exact) mass is 306 g/mol. The number of carbonyl (C=O) groups excluding carboxylic acids is 1. The van der Waals surface area contributed by atoms with Crippen LogP contribution < -0.4 is 4.72 Å². The minimum absolute atomic E-state index is 0.0557. The van der Waals surface area contributed by atoms with Gasteiger partial charge in [0.1, 0.15) is 4.90 Å². The number of amides is 1. The van der Waals surface area contributed by atoms with Crippen LogP contribution in [0.15, 0.2) is 35.6 Å². The molecule has 8 heteroatoms. The van der Waals surface area contributed by atoms with Gasteiger partial charge in [-0.25, -0.2) is 22.8 Å². The highest BCUT2D eigenvalue weighted by atomic mass is 32.2. The zero-order valence-electron chi connectivity index (χ0n) is 11.4. The molecule has 0 aromatic carbocycles. The van der Waals surface area contributed by atoms with Gasteiger partial charge in [0.25, 0.3) is 10.0 Å². The number of aromatic nitrogens is 3. The van der Waals surface area contributed by atoms with E-state index in [4.69, 9.17) is 0 Å². The first kappa shape index (κ1) is 13.7. The maximum atomic E-state index is 12.1. The van der Waals surface area contributed by atoms with Crippen molar-refractivity contribution in [3.8, 4) is 5.82 Å². The van der Waals surface area contributed by atoms with E-state index < -0.39 is 15.9 Å². The molecule has 0 radical (unpaired) electrons. The van der Waals surface area contributed by atoms with Crippen LogP contribution in [0.4, 0.5) is 0 Å². The Labute approximate surface area is 122 Å². The van der Waals surface area contributed by atoms with Gasteiger partial charge in [0.05, 0.1) is 12.4 Å². The second-order valence-corrected chi connectivity index (χ2v) is 6.74. The number of rotatable bonds is 4. The third-order valence-corrected chi connectivity index (χ3v) is 4.49. The Morgan fingerprint density at radius 1 is 1.43 bits per heavy atom. The molecule has 0 bridgehead atoms. The van der Waals surface area contributed by atoms with Crippen LogP contribution in [0.1, 0.15) is 18.4 Å². The maximum absolute atomic E-state index is 12.1. The number of aryl methyl sites for hydroxylation is 1. The zero-order chi connectivity index (χ0) is 15.0. The smallest absolute Gasteiger partial charge is 0.267 e. The fourth-order valence-corrected chi connectivity index (χ4v) is 2.81. The zero-order valence-corrected chi connectivity index (χ0v) is 12.2. The number of nitrogens with zero attached hydrogens (tertiary/aromatic N) is 3. The Bertz CT molecular complexity index is 793. The average molecular weight is 306 g/mol. The summed E-state index contributed by atoms with van der Waals surface area (Å²) in [6.45, 7) is 1.90. The van der Waals surface area contributed by atoms with E-state index in [-0.39, 0.29) is 10.8 Å². The molecule has 1 N–H and O–H groups in total. The van der Waals surface area contributed by atoms with Crippen molar-refractivity contribution in [1.82, 2.24) is 19.5 Å². The van der Waals surface area contributed by atoms with Crippen molar-refractivity contribution in [2.24, 2.45) is 5.92 Å². The van der Waals surface area contributed by atoms with Gasteiger partial charge < -0.3 is 0 Å². The van der Waals surface area contributed by atoms with Crippen LogP contribution in [-0.2, 0) is 14.8 Å². The SMILES string of the molecule is Cc1ccnc(-n2cc(S(=O)(=O)NC(=O)C3CC3)cn2)c1. The van der Waals surface area contributed by atoms with Crippen molar-refractivity contribution in [2.75, 3.05) is 0 Å². The normalized spacial score (nSPS) is 14.9. The summed E-state index contributed by atoms with van der Waals surface area (Å²) in [5, 5.41) is 3.99. The Balaban J connectivity index is 1.85. The minimum Gasteiger partial charge on any atom is -0.274 e. The van der Waals surface area contributed by atoms with Gasteiger partial charge in [-0.2, -0.15) is 5.10 Å². The van der Waals surface area contributed by atoms with Crippen molar-refractivity contribution in [2.45, 2.75) is 24.7 Å². The van der Waals surface area contributed by atoms with E-state index >= 15 is 0 Å². The summed E-state index contributed by atoms with van der Waals surface area (Å²) in [5.41, 5.74) is 0.988. The van der Waals surface area contributed by atoms with Crippen LogP contribution in [0.25, 0.3) is 5.82 Å². The summed E-state index contributed by atoms with van der Waals surface area (Å²) in [6, 6.07) is 3.62. The standard InChI is InChI=1S/C13H14N4O3S/c1-9-4-5-14-12(6-9)17-8-11(7-15-17)21(19,20)16-13(18)10-2-3-10/h4-8,10H,2-3H2,1H3,(H,16,18).